The van der Waals surface area contributed by atoms with E-state index in [1.165, 1.54) is 24.8 Å². The van der Waals surface area contributed by atoms with E-state index in [1.807, 2.05) is 11.0 Å². The third kappa shape index (κ3) is 5.02. The lowest BCUT2D eigenvalue weighted by Gasteiger charge is -2.32. The van der Waals surface area contributed by atoms with Crippen LogP contribution in [0.15, 0.2) is 23.1 Å². The second-order valence-electron chi connectivity index (χ2n) is 7.31. The van der Waals surface area contributed by atoms with E-state index in [4.69, 9.17) is 0 Å². The van der Waals surface area contributed by atoms with Crippen molar-refractivity contribution in [3.8, 4) is 0 Å². The van der Waals surface area contributed by atoms with Gasteiger partial charge in [-0.3, -0.25) is 4.79 Å². The molecule has 7 heteroatoms. The summed E-state index contributed by atoms with van der Waals surface area (Å²) in [5.74, 6) is -0.0740. The first-order chi connectivity index (χ1) is 12.8. The number of carbonyl (C=O) groups is 1. The van der Waals surface area contributed by atoms with Gasteiger partial charge in [0.2, 0.25) is 10.0 Å². The Morgan fingerprint density at radius 2 is 1.63 bits per heavy atom. The van der Waals surface area contributed by atoms with Gasteiger partial charge in [-0.25, -0.2) is 12.7 Å². The first kappa shape index (κ1) is 21.7. The van der Waals surface area contributed by atoms with Crippen LogP contribution in [0.5, 0.6) is 0 Å². The first-order valence-electron chi connectivity index (χ1n) is 9.93. The number of sulfonamides is 1. The van der Waals surface area contributed by atoms with Crippen LogP contribution in [0, 0.1) is 0 Å². The van der Waals surface area contributed by atoms with Gasteiger partial charge in [0.25, 0.3) is 5.91 Å². The molecule has 0 atom stereocenters. The predicted molar refractivity (Wildman–Crippen MR) is 110 cm³/mol. The number of benzene rings is 1. The number of hydrogen-bond donors (Lipinski definition) is 0. The Morgan fingerprint density at radius 3 is 2.15 bits per heavy atom. The van der Waals surface area contributed by atoms with Crippen molar-refractivity contribution in [3.63, 3.8) is 0 Å². The molecule has 1 aliphatic heterocycles. The zero-order valence-corrected chi connectivity index (χ0v) is 17.9. The molecule has 6 nitrogen and oxygen atoms in total. The van der Waals surface area contributed by atoms with Gasteiger partial charge in [-0.15, -0.1) is 0 Å². The van der Waals surface area contributed by atoms with Gasteiger partial charge in [0.1, 0.15) is 0 Å². The lowest BCUT2D eigenvalue weighted by Crippen LogP contribution is -2.36. The van der Waals surface area contributed by atoms with Gasteiger partial charge >= 0.3 is 0 Å². The zero-order valence-electron chi connectivity index (χ0n) is 17.1. The lowest BCUT2D eigenvalue weighted by atomic mass is 10.1. The Morgan fingerprint density at radius 1 is 1.04 bits per heavy atom. The molecule has 0 radical (unpaired) electrons. The highest BCUT2D eigenvalue weighted by atomic mass is 32.2. The van der Waals surface area contributed by atoms with Crippen molar-refractivity contribution < 1.29 is 13.2 Å². The van der Waals surface area contributed by atoms with Gasteiger partial charge in [-0.2, -0.15) is 0 Å². The van der Waals surface area contributed by atoms with Crippen LogP contribution in [0.1, 0.15) is 56.3 Å². The van der Waals surface area contributed by atoms with Crippen LogP contribution in [0.3, 0.4) is 0 Å². The summed E-state index contributed by atoms with van der Waals surface area (Å²) in [4.78, 5) is 17.6. The van der Waals surface area contributed by atoms with E-state index in [-0.39, 0.29) is 10.8 Å². The predicted octanol–water partition coefficient (Wildman–Crippen LogP) is 3.19. The van der Waals surface area contributed by atoms with Crippen LogP contribution < -0.4 is 4.90 Å². The molecule has 1 heterocycles. The highest BCUT2D eigenvalue weighted by Crippen LogP contribution is 2.29. The van der Waals surface area contributed by atoms with E-state index in [0.29, 0.717) is 18.7 Å². The fourth-order valence-electron chi connectivity index (χ4n) is 3.49. The molecule has 0 aliphatic carbocycles. The second-order valence-corrected chi connectivity index (χ2v) is 9.46. The summed E-state index contributed by atoms with van der Waals surface area (Å²) in [5, 5.41) is 0. The minimum atomic E-state index is -3.59. The molecule has 1 fully saturated rings. The van der Waals surface area contributed by atoms with E-state index in [9.17, 15) is 13.2 Å². The summed E-state index contributed by atoms with van der Waals surface area (Å²) in [6.07, 6.45) is 5.14. The van der Waals surface area contributed by atoms with E-state index in [1.54, 1.807) is 12.1 Å². The van der Waals surface area contributed by atoms with Gasteiger partial charge in [-0.05, 0) is 50.3 Å². The van der Waals surface area contributed by atoms with Crippen LogP contribution in [0.2, 0.25) is 0 Å². The smallest absolute Gasteiger partial charge is 0.256 e. The average molecular weight is 396 g/mol. The number of rotatable bonds is 8. The average Bonchev–Trinajstić information content (AvgIpc) is 2.67. The highest BCUT2D eigenvalue weighted by Gasteiger charge is 2.26. The lowest BCUT2D eigenvalue weighted by molar-refractivity contribution is 0.0756. The van der Waals surface area contributed by atoms with E-state index in [0.717, 1.165) is 44.5 Å². The quantitative estimate of drug-likeness (QED) is 0.678. The number of nitrogens with zero attached hydrogens (tertiary/aromatic N) is 3. The zero-order chi connectivity index (χ0) is 20.0. The standard InChI is InChI=1S/C20H33N3O3S/c1-5-12-23(13-6-2)20(24)18-16-17(27(25,26)21(3)4)10-11-19(18)22-14-8-7-9-15-22/h10-11,16H,5-9,12-15H2,1-4H3. The molecule has 0 spiro atoms. The summed E-state index contributed by atoms with van der Waals surface area (Å²) < 4.78 is 26.4. The number of hydrogen-bond acceptors (Lipinski definition) is 4. The monoisotopic (exact) mass is 395 g/mol. The van der Waals surface area contributed by atoms with Gasteiger partial charge in [0, 0.05) is 46.0 Å². The Bertz CT molecular complexity index is 735. The maximum atomic E-state index is 13.3. The molecular formula is C20H33N3O3S. The van der Waals surface area contributed by atoms with E-state index in [2.05, 4.69) is 18.7 Å². The normalized spacial score (nSPS) is 15.2. The molecule has 0 bridgehead atoms. The highest BCUT2D eigenvalue weighted by molar-refractivity contribution is 7.89. The summed E-state index contributed by atoms with van der Waals surface area (Å²) in [6, 6.07) is 5.00. The minimum Gasteiger partial charge on any atom is -0.371 e. The minimum absolute atomic E-state index is 0.0740. The Kier molecular flexibility index (Phi) is 7.68. The molecule has 1 aromatic rings. The Labute approximate surface area is 164 Å². The summed E-state index contributed by atoms with van der Waals surface area (Å²) >= 11 is 0. The van der Waals surface area contributed by atoms with Gasteiger partial charge < -0.3 is 9.80 Å². The van der Waals surface area contributed by atoms with Crippen molar-refractivity contribution >= 4 is 21.6 Å². The Hall–Kier alpha value is -1.60. The third-order valence-electron chi connectivity index (χ3n) is 4.95. The fraction of sp³-hybridized carbons (Fsp3) is 0.650. The van der Waals surface area contributed by atoms with Crippen molar-refractivity contribution in [2.75, 3.05) is 45.2 Å². The molecular weight excluding hydrogens is 362 g/mol. The van der Waals surface area contributed by atoms with Crippen molar-refractivity contribution in [2.45, 2.75) is 50.8 Å². The molecule has 152 valence electrons. The molecule has 0 saturated carbocycles. The van der Waals surface area contributed by atoms with Crippen LogP contribution in [0.25, 0.3) is 0 Å². The maximum absolute atomic E-state index is 13.3. The summed E-state index contributed by atoms with van der Waals surface area (Å²) in [7, 11) is -0.567. The van der Waals surface area contributed by atoms with Gasteiger partial charge in [0.15, 0.2) is 0 Å². The van der Waals surface area contributed by atoms with Crippen LogP contribution in [-0.2, 0) is 10.0 Å². The molecule has 1 saturated heterocycles. The molecule has 27 heavy (non-hydrogen) atoms. The van der Waals surface area contributed by atoms with E-state index < -0.39 is 10.0 Å². The molecule has 1 aromatic carbocycles. The van der Waals surface area contributed by atoms with E-state index >= 15 is 0 Å². The SMILES string of the molecule is CCCN(CCC)C(=O)c1cc(S(=O)(=O)N(C)C)ccc1N1CCCCC1. The Balaban J connectivity index is 2.52. The van der Waals surface area contributed by atoms with Crippen LogP contribution in [-0.4, -0.2) is 63.8 Å². The first-order valence-corrected chi connectivity index (χ1v) is 11.4. The van der Waals surface area contributed by atoms with Crippen molar-refractivity contribution in [1.82, 2.24) is 9.21 Å². The summed E-state index contributed by atoms with van der Waals surface area (Å²) in [5.41, 5.74) is 1.36. The number of amides is 1. The van der Waals surface area contributed by atoms with Gasteiger partial charge in [-0.1, -0.05) is 13.8 Å². The van der Waals surface area contributed by atoms with Crippen LogP contribution >= 0.6 is 0 Å². The largest absolute Gasteiger partial charge is 0.371 e. The number of piperidine rings is 1. The molecule has 0 unspecified atom stereocenters. The van der Waals surface area contributed by atoms with Crippen molar-refractivity contribution in [2.24, 2.45) is 0 Å². The molecule has 0 N–H and O–H groups in total. The van der Waals surface area contributed by atoms with Crippen molar-refractivity contribution in [1.29, 1.82) is 0 Å². The molecule has 2 rings (SSSR count). The fourth-order valence-corrected chi connectivity index (χ4v) is 4.42. The molecule has 1 amide bonds. The summed E-state index contributed by atoms with van der Waals surface area (Å²) in [6.45, 7) is 7.26. The number of carbonyl (C=O) groups excluding carboxylic acids is 1. The molecule has 1 aliphatic rings. The third-order valence-corrected chi connectivity index (χ3v) is 6.76. The van der Waals surface area contributed by atoms with Crippen molar-refractivity contribution in [3.05, 3.63) is 23.8 Å². The molecule has 0 aromatic heterocycles. The van der Waals surface area contributed by atoms with Gasteiger partial charge in [0.05, 0.1) is 10.5 Å². The number of anilines is 1. The van der Waals surface area contributed by atoms with Crippen LogP contribution in [0.4, 0.5) is 5.69 Å². The second kappa shape index (κ2) is 9.55. The maximum Gasteiger partial charge on any atom is 0.256 e. The topological polar surface area (TPSA) is 60.9 Å².